The minimum Gasteiger partial charge on any atom is -0.333 e. The van der Waals surface area contributed by atoms with E-state index in [1.807, 2.05) is 24.6 Å². The van der Waals surface area contributed by atoms with E-state index in [-0.39, 0.29) is 28.5 Å². The summed E-state index contributed by atoms with van der Waals surface area (Å²) in [5.41, 5.74) is 0.0982. The van der Waals surface area contributed by atoms with Crippen molar-refractivity contribution in [1.29, 1.82) is 0 Å². The Morgan fingerprint density at radius 3 is 2.55 bits per heavy atom. The van der Waals surface area contributed by atoms with Crippen molar-refractivity contribution >= 4 is 23.0 Å². The molecule has 2 heterocycles. The average molecular weight is 402 g/mol. The first-order valence-corrected chi connectivity index (χ1v) is 10.7. The summed E-state index contributed by atoms with van der Waals surface area (Å²) in [5, 5.41) is 6.25. The Labute approximate surface area is 172 Å². The normalized spacial score (nSPS) is 16.2. The first kappa shape index (κ1) is 21.4. The van der Waals surface area contributed by atoms with E-state index in [4.69, 9.17) is 0 Å². The van der Waals surface area contributed by atoms with Crippen molar-refractivity contribution in [3.05, 3.63) is 22.6 Å². The molecule has 0 radical (unpaired) electrons. The lowest BCUT2D eigenvalue weighted by Gasteiger charge is -2.33. The van der Waals surface area contributed by atoms with Gasteiger partial charge in [0.15, 0.2) is 0 Å². The molecule has 2 amide bonds. The Kier molecular flexibility index (Phi) is 6.05. The average Bonchev–Trinajstić information content (AvgIpc) is 2.96. The molecule has 3 N–H and O–H groups in total. The fourth-order valence-electron chi connectivity index (χ4n) is 4.75. The van der Waals surface area contributed by atoms with Crippen molar-refractivity contribution in [2.75, 3.05) is 5.32 Å². The minimum absolute atomic E-state index is 0.0855. The Hall–Kier alpha value is -2.31. The summed E-state index contributed by atoms with van der Waals surface area (Å²) in [6.07, 6.45) is 9.05. The summed E-state index contributed by atoms with van der Waals surface area (Å²) >= 11 is 0. The molecular formula is C22H35N5O2. The summed E-state index contributed by atoms with van der Waals surface area (Å²) in [6, 6.07) is 1.44. The number of rotatable bonds is 5. The number of nitrogens with zero attached hydrogens (tertiary/aromatic N) is 2. The van der Waals surface area contributed by atoms with Gasteiger partial charge >= 0.3 is 6.03 Å². The molecule has 29 heavy (non-hydrogen) atoms. The summed E-state index contributed by atoms with van der Waals surface area (Å²) in [6.45, 7) is 11.3. The Morgan fingerprint density at radius 2 is 1.90 bits per heavy atom. The Balaban J connectivity index is 1.75. The highest BCUT2D eigenvalue weighted by atomic mass is 16.2. The van der Waals surface area contributed by atoms with Gasteiger partial charge in [0.05, 0.1) is 5.39 Å². The van der Waals surface area contributed by atoms with Gasteiger partial charge in [0.1, 0.15) is 5.65 Å². The second kappa shape index (κ2) is 8.20. The first-order chi connectivity index (χ1) is 13.5. The number of nitrogens with one attached hydrogen (secondary N) is 3. The molecule has 7 heteroatoms. The number of carbonyl (C=O) groups is 1. The van der Waals surface area contributed by atoms with E-state index in [0.29, 0.717) is 17.0 Å². The number of aromatic amines is 1. The lowest BCUT2D eigenvalue weighted by atomic mass is 9.82. The van der Waals surface area contributed by atoms with Gasteiger partial charge in [0.25, 0.3) is 5.56 Å². The lowest BCUT2D eigenvalue weighted by molar-refractivity contribution is 0.220. The quantitative estimate of drug-likeness (QED) is 0.681. The molecule has 1 aliphatic rings. The molecule has 160 valence electrons. The number of carbonyl (C=O) groups excluding carboxylic acids is 1. The maximum atomic E-state index is 12.5. The SMILES string of the molecule is CC(C)(C)CC(C)(C)NC(=O)Nc1nc2c(ccn2CC2CCCCC2)c(=O)[nH]1. The van der Waals surface area contributed by atoms with Crippen molar-refractivity contribution in [1.82, 2.24) is 19.9 Å². The zero-order chi connectivity index (χ0) is 21.2. The third-order valence-corrected chi connectivity index (χ3v) is 5.46. The van der Waals surface area contributed by atoms with E-state index >= 15 is 0 Å². The van der Waals surface area contributed by atoms with Crippen LogP contribution in [0.5, 0.6) is 0 Å². The molecule has 0 aromatic carbocycles. The third-order valence-electron chi connectivity index (χ3n) is 5.46. The second-order valence-electron chi connectivity index (χ2n) is 10.3. The van der Waals surface area contributed by atoms with E-state index in [1.54, 1.807) is 6.07 Å². The molecule has 0 bridgehead atoms. The van der Waals surface area contributed by atoms with E-state index in [0.717, 1.165) is 13.0 Å². The van der Waals surface area contributed by atoms with Gasteiger partial charge in [-0.05, 0) is 50.5 Å². The lowest BCUT2D eigenvalue weighted by Crippen LogP contribution is -2.47. The number of amides is 2. The molecule has 1 fully saturated rings. The standard InChI is InChI=1S/C22H35N5O2/c1-21(2,3)14-22(4,5)26-20(29)25-19-23-17-16(18(28)24-19)11-12-27(17)13-15-9-7-6-8-10-15/h11-12,15H,6-10,13-14H2,1-5H3,(H3,23,24,25,26,28,29). The number of hydrogen-bond acceptors (Lipinski definition) is 3. The summed E-state index contributed by atoms with van der Waals surface area (Å²) < 4.78 is 2.05. The van der Waals surface area contributed by atoms with Gasteiger partial charge in [-0.1, -0.05) is 40.0 Å². The van der Waals surface area contributed by atoms with Crippen LogP contribution in [0.1, 0.15) is 73.1 Å². The topological polar surface area (TPSA) is 91.8 Å². The van der Waals surface area contributed by atoms with E-state index in [9.17, 15) is 9.59 Å². The van der Waals surface area contributed by atoms with Crippen molar-refractivity contribution < 1.29 is 4.79 Å². The molecule has 2 aromatic rings. The smallest absolute Gasteiger partial charge is 0.321 e. The number of anilines is 1. The largest absolute Gasteiger partial charge is 0.333 e. The van der Waals surface area contributed by atoms with Crippen LogP contribution in [-0.2, 0) is 6.54 Å². The van der Waals surface area contributed by atoms with Crippen molar-refractivity contribution in [3.8, 4) is 0 Å². The predicted molar refractivity (Wildman–Crippen MR) is 117 cm³/mol. The zero-order valence-electron chi connectivity index (χ0n) is 18.4. The molecule has 7 nitrogen and oxygen atoms in total. The number of fused-ring (bicyclic) bond motifs is 1. The van der Waals surface area contributed by atoms with Crippen LogP contribution in [0.15, 0.2) is 17.1 Å². The van der Waals surface area contributed by atoms with E-state index < -0.39 is 0 Å². The summed E-state index contributed by atoms with van der Waals surface area (Å²) in [7, 11) is 0. The molecule has 1 aliphatic carbocycles. The molecule has 2 aromatic heterocycles. The molecule has 0 atom stereocenters. The highest BCUT2D eigenvalue weighted by molar-refractivity contribution is 5.89. The number of hydrogen-bond donors (Lipinski definition) is 3. The molecule has 3 rings (SSSR count). The summed E-state index contributed by atoms with van der Waals surface area (Å²) in [5.74, 6) is 0.800. The number of H-pyrrole nitrogens is 1. The molecule has 1 saturated carbocycles. The van der Waals surface area contributed by atoms with Crippen molar-refractivity contribution in [2.24, 2.45) is 11.3 Å². The van der Waals surface area contributed by atoms with Crippen LogP contribution in [0.25, 0.3) is 11.0 Å². The molecular weight excluding hydrogens is 366 g/mol. The fraction of sp³-hybridized carbons (Fsp3) is 0.682. The fourth-order valence-corrected chi connectivity index (χ4v) is 4.75. The highest BCUT2D eigenvalue weighted by Crippen LogP contribution is 2.27. The van der Waals surface area contributed by atoms with Crippen LogP contribution in [0.2, 0.25) is 0 Å². The molecule has 0 saturated heterocycles. The zero-order valence-corrected chi connectivity index (χ0v) is 18.4. The van der Waals surface area contributed by atoms with E-state index in [1.165, 1.54) is 32.1 Å². The van der Waals surface area contributed by atoms with Crippen LogP contribution in [0, 0.1) is 11.3 Å². The van der Waals surface area contributed by atoms with E-state index in [2.05, 4.69) is 41.4 Å². The van der Waals surface area contributed by atoms with Gasteiger partial charge in [-0.2, -0.15) is 4.98 Å². The van der Waals surface area contributed by atoms with Crippen LogP contribution in [0.3, 0.4) is 0 Å². The van der Waals surface area contributed by atoms with Crippen molar-refractivity contribution in [2.45, 2.75) is 85.2 Å². The predicted octanol–water partition coefficient (Wildman–Crippen LogP) is 4.64. The Bertz CT molecular complexity index is 913. The van der Waals surface area contributed by atoms with Crippen molar-refractivity contribution in [3.63, 3.8) is 0 Å². The van der Waals surface area contributed by atoms with Crippen LogP contribution in [0.4, 0.5) is 10.7 Å². The van der Waals surface area contributed by atoms with Crippen LogP contribution >= 0.6 is 0 Å². The maximum absolute atomic E-state index is 12.5. The van der Waals surface area contributed by atoms with Gasteiger partial charge in [0.2, 0.25) is 5.95 Å². The minimum atomic E-state index is -0.381. The van der Waals surface area contributed by atoms with Gasteiger partial charge in [-0.15, -0.1) is 0 Å². The highest BCUT2D eigenvalue weighted by Gasteiger charge is 2.27. The van der Waals surface area contributed by atoms with Gasteiger partial charge in [-0.3, -0.25) is 15.1 Å². The van der Waals surface area contributed by atoms with Crippen LogP contribution < -0.4 is 16.2 Å². The van der Waals surface area contributed by atoms with Gasteiger partial charge < -0.3 is 9.88 Å². The third kappa shape index (κ3) is 5.84. The Morgan fingerprint density at radius 1 is 1.21 bits per heavy atom. The first-order valence-electron chi connectivity index (χ1n) is 10.7. The molecule has 0 aliphatic heterocycles. The number of urea groups is 1. The second-order valence-corrected chi connectivity index (χ2v) is 10.3. The maximum Gasteiger partial charge on any atom is 0.321 e. The number of aromatic nitrogens is 3. The monoisotopic (exact) mass is 401 g/mol. The molecule has 0 unspecified atom stereocenters. The van der Waals surface area contributed by atoms with Gasteiger partial charge in [0, 0.05) is 18.3 Å². The summed E-state index contributed by atoms with van der Waals surface area (Å²) in [4.78, 5) is 32.2. The van der Waals surface area contributed by atoms with Gasteiger partial charge in [-0.25, -0.2) is 4.79 Å². The van der Waals surface area contributed by atoms with Crippen LogP contribution in [-0.4, -0.2) is 26.1 Å². The molecule has 0 spiro atoms.